The molecular weight excluding hydrogens is 182 g/mol. The largest absolute Gasteiger partial charge is 0.356 e. The minimum Gasteiger partial charge on any atom is -0.356 e. The lowest BCUT2D eigenvalue weighted by molar-refractivity contribution is -0.402. The first kappa shape index (κ1) is 9.74. The van der Waals surface area contributed by atoms with E-state index < -0.39 is 4.92 Å². The van der Waals surface area contributed by atoms with Crippen molar-refractivity contribution in [2.45, 2.75) is 0 Å². The summed E-state index contributed by atoms with van der Waals surface area (Å²) in [5, 5.41) is 21.2. The van der Waals surface area contributed by atoms with E-state index in [4.69, 9.17) is 5.26 Å². The van der Waals surface area contributed by atoms with Gasteiger partial charge in [0.25, 0.3) is 0 Å². The molecule has 0 aliphatic carbocycles. The van der Waals surface area contributed by atoms with Crippen LogP contribution in [0.3, 0.4) is 0 Å². The average molecular weight is 189 g/mol. The van der Waals surface area contributed by atoms with Crippen molar-refractivity contribution in [3.8, 4) is 6.07 Å². The molecule has 1 N–H and O–H groups in total. The summed E-state index contributed by atoms with van der Waals surface area (Å²) in [7, 11) is 0. The van der Waals surface area contributed by atoms with Gasteiger partial charge in [0.1, 0.15) is 0 Å². The molecule has 0 radical (unpaired) electrons. The van der Waals surface area contributed by atoms with E-state index in [9.17, 15) is 10.1 Å². The lowest BCUT2D eigenvalue weighted by Gasteiger charge is -1.98. The second-order valence-electron chi connectivity index (χ2n) is 2.44. The van der Waals surface area contributed by atoms with Gasteiger partial charge in [-0.15, -0.1) is 0 Å². The fraction of sp³-hybridized carbons (Fsp3) is 0. The topological polar surface area (TPSA) is 79.0 Å². The zero-order chi connectivity index (χ0) is 10.4. The fourth-order valence-corrected chi connectivity index (χ4v) is 0.873. The van der Waals surface area contributed by atoms with Crippen molar-refractivity contribution >= 4 is 5.69 Å². The predicted molar refractivity (Wildman–Crippen MR) is 50.9 cm³/mol. The van der Waals surface area contributed by atoms with Crippen LogP contribution in [-0.2, 0) is 0 Å². The van der Waals surface area contributed by atoms with Crippen LogP contribution in [0.1, 0.15) is 5.56 Å². The molecule has 0 amide bonds. The van der Waals surface area contributed by atoms with Crippen LogP contribution in [0, 0.1) is 21.4 Å². The standard InChI is InChI=1S/C9H7N3O2/c10-7-8-2-1-3-9(6-8)11-4-5-12(13)14/h1-6,11H/b5-4+. The number of nitrogens with one attached hydrogen (secondary N) is 1. The number of nitriles is 1. The molecular formula is C9H7N3O2. The van der Waals surface area contributed by atoms with Gasteiger partial charge in [-0.3, -0.25) is 10.1 Å². The molecule has 0 aromatic heterocycles. The van der Waals surface area contributed by atoms with Crippen LogP contribution in [0.5, 0.6) is 0 Å². The Hall–Kier alpha value is -2.35. The van der Waals surface area contributed by atoms with E-state index in [1.165, 1.54) is 6.20 Å². The van der Waals surface area contributed by atoms with E-state index >= 15 is 0 Å². The van der Waals surface area contributed by atoms with Crippen LogP contribution in [0.2, 0.25) is 0 Å². The van der Waals surface area contributed by atoms with Crippen molar-refractivity contribution in [3.63, 3.8) is 0 Å². The van der Waals surface area contributed by atoms with E-state index in [0.717, 1.165) is 6.20 Å². The second kappa shape index (κ2) is 4.62. The van der Waals surface area contributed by atoms with Crippen LogP contribution in [0.4, 0.5) is 5.69 Å². The normalized spacial score (nSPS) is 9.64. The van der Waals surface area contributed by atoms with Crippen LogP contribution in [-0.4, -0.2) is 4.92 Å². The predicted octanol–water partition coefficient (Wildman–Crippen LogP) is 1.72. The molecule has 0 aliphatic heterocycles. The maximum atomic E-state index is 9.94. The van der Waals surface area contributed by atoms with Crippen LogP contribution < -0.4 is 5.32 Å². The van der Waals surface area contributed by atoms with Gasteiger partial charge in [-0.1, -0.05) is 6.07 Å². The monoisotopic (exact) mass is 189 g/mol. The van der Waals surface area contributed by atoms with Gasteiger partial charge in [-0.05, 0) is 18.2 Å². The summed E-state index contributed by atoms with van der Waals surface area (Å²) in [6.45, 7) is 0. The highest BCUT2D eigenvalue weighted by atomic mass is 16.6. The Balaban J connectivity index is 2.69. The summed E-state index contributed by atoms with van der Waals surface area (Å²) >= 11 is 0. The number of hydrogen-bond acceptors (Lipinski definition) is 4. The summed E-state index contributed by atoms with van der Waals surface area (Å²) in [4.78, 5) is 9.37. The van der Waals surface area contributed by atoms with Gasteiger partial charge in [-0.25, -0.2) is 0 Å². The molecule has 0 saturated carbocycles. The second-order valence-corrected chi connectivity index (χ2v) is 2.44. The third-order valence-corrected chi connectivity index (χ3v) is 1.44. The van der Waals surface area contributed by atoms with Gasteiger partial charge >= 0.3 is 0 Å². The number of nitro groups is 1. The molecule has 0 aliphatic rings. The molecule has 0 atom stereocenters. The highest BCUT2D eigenvalue weighted by Gasteiger charge is 1.92. The first-order chi connectivity index (χ1) is 6.72. The molecule has 0 unspecified atom stereocenters. The molecule has 0 saturated heterocycles. The van der Waals surface area contributed by atoms with Crippen molar-refractivity contribution < 1.29 is 4.92 Å². The minimum absolute atomic E-state index is 0.504. The summed E-state index contributed by atoms with van der Waals surface area (Å²) in [5.41, 5.74) is 1.15. The smallest absolute Gasteiger partial charge is 0.250 e. The summed E-state index contributed by atoms with van der Waals surface area (Å²) in [5.74, 6) is 0. The third kappa shape index (κ3) is 2.95. The number of benzene rings is 1. The van der Waals surface area contributed by atoms with Crippen LogP contribution >= 0.6 is 0 Å². The molecule has 1 rings (SSSR count). The maximum Gasteiger partial charge on any atom is 0.250 e. The quantitative estimate of drug-likeness (QED) is 0.579. The van der Waals surface area contributed by atoms with Crippen molar-refractivity contribution in [2.75, 3.05) is 5.32 Å². The molecule has 0 fully saturated rings. The average Bonchev–Trinajstić information content (AvgIpc) is 2.18. The summed E-state index contributed by atoms with van der Waals surface area (Å²) in [6.07, 6.45) is 2.00. The highest BCUT2D eigenvalue weighted by molar-refractivity contribution is 5.50. The minimum atomic E-state index is -0.568. The van der Waals surface area contributed by atoms with E-state index in [-0.39, 0.29) is 0 Å². The molecule has 1 aromatic carbocycles. The summed E-state index contributed by atoms with van der Waals surface area (Å²) in [6, 6.07) is 8.63. The zero-order valence-corrected chi connectivity index (χ0v) is 7.18. The lowest BCUT2D eigenvalue weighted by atomic mass is 10.2. The number of rotatable bonds is 3. The van der Waals surface area contributed by atoms with Crippen LogP contribution in [0.25, 0.3) is 0 Å². The van der Waals surface area contributed by atoms with Crippen molar-refractivity contribution in [1.82, 2.24) is 0 Å². The van der Waals surface area contributed by atoms with Gasteiger partial charge < -0.3 is 5.32 Å². The molecule has 5 nitrogen and oxygen atoms in total. The molecule has 0 spiro atoms. The van der Waals surface area contributed by atoms with Gasteiger partial charge in [0, 0.05) is 5.69 Å². The number of anilines is 1. The molecule has 1 aromatic rings. The van der Waals surface area contributed by atoms with Gasteiger partial charge in [0.15, 0.2) is 0 Å². The number of nitrogens with zero attached hydrogens (tertiary/aromatic N) is 2. The maximum absolute atomic E-state index is 9.94. The lowest BCUT2D eigenvalue weighted by Crippen LogP contribution is -1.91. The van der Waals surface area contributed by atoms with Crippen molar-refractivity contribution in [3.05, 3.63) is 52.3 Å². The third-order valence-electron chi connectivity index (χ3n) is 1.44. The molecule has 0 heterocycles. The van der Waals surface area contributed by atoms with Gasteiger partial charge in [0.2, 0.25) is 6.20 Å². The fourth-order valence-electron chi connectivity index (χ4n) is 0.873. The molecule has 0 bridgehead atoms. The van der Waals surface area contributed by atoms with Crippen molar-refractivity contribution in [1.29, 1.82) is 5.26 Å². The zero-order valence-electron chi connectivity index (χ0n) is 7.18. The summed E-state index contributed by atoms with van der Waals surface area (Å²) < 4.78 is 0. The SMILES string of the molecule is N#Cc1cccc(N/C=C/[N+](=O)[O-])c1. The van der Waals surface area contributed by atoms with Crippen LogP contribution in [0.15, 0.2) is 36.7 Å². The Morgan fingerprint density at radius 2 is 2.36 bits per heavy atom. The Labute approximate surface area is 80.4 Å². The Kier molecular flexibility index (Phi) is 3.21. The Morgan fingerprint density at radius 3 is 3.00 bits per heavy atom. The highest BCUT2D eigenvalue weighted by Crippen LogP contribution is 2.09. The molecule has 70 valence electrons. The van der Waals surface area contributed by atoms with E-state index in [1.54, 1.807) is 24.3 Å². The molecule has 14 heavy (non-hydrogen) atoms. The van der Waals surface area contributed by atoms with Gasteiger partial charge in [-0.2, -0.15) is 5.26 Å². The Morgan fingerprint density at radius 1 is 1.57 bits per heavy atom. The van der Waals surface area contributed by atoms with E-state index in [1.807, 2.05) is 6.07 Å². The van der Waals surface area contributed by atoms with Crippen molar-refractivity contribution in [2.24, 2.45) is 0 Å². The van der Waals surface area contributed by atoms with E-state index in [2.05, 4.69) is 5.32 Å². The first-order valence-electron chi connectivity index (χ1n) is 3.79. The number of hydrogen-bond donors (Lipinski definition) is 1. The van der Waals surface area contributed by atoms with Gasteiger partial charge in [0.05, 0.1) is 22.8 Å². The Bertz CT molecular complexity index is 407. The van der Waals surface area contributed by atoms with E-state index in [0.29, 0.717) is 11.3 Å². The molecule has 5 heteroatoms. The first-order valence-corrected chi connectivity index (χ1v) is 3.79.